The van der Waals surface area contributed by atoms with Crippen molar-refractivity contribution < 1.29 is 9.53 Å². The number of amides is 1. The molecular formula is C19H16Cl2N2O2S. The molecule has 0 spiro atoms. The largest absolute Gasteiger partial charge is 0.487 e. The van der Waals surface area contributed by atoms with Crippen molar-refractivity contribution in [3.05, 3.63) is 69.3 Å². The lowest BCUT2D eigenvalue weighted by molar-refractivity contribution is -0.122. The van der Waals surface area contributed by atoms with Gasteiger partial charge in [0.15, 0.2) is 5.11 Å². The molecule has 134 valence electrons. The number of benzene rings is 2. The molecule has 2 aromatic rings. The summed E-state index contributed by atoms with van der Waals surface area (Å²) in [6, 6.07) is 12.8. The number of hydrogen-bond donors (Lipinski definition) is 1. The molecule has 0 saturated carbocycles. The Morgan fingerprint density at radius 1 is 1.19 bits per heavy atom. The number of nitrogens with one attached hydrogen (secondary N) is 1. The van der Waals surface area contributed by atoms with Crippen LogP contribution in [0.15, 0.2) is 48.2 Å². The minimum atomic E-state index is -0.146. The Morgan fingerprint density at radius 3 is 2.62 bits per heavy atom. The Morgan fingerprint density at radius 2 is 1.96 bits per heavy atom. The van der Waals surface area contributed by atoms with E-state index in [1.54, 1.807) is 18.2 Å². The van der Waals surface area contributed by atoms with Crippen LogP contribution in [0.2, 0.25) is 10.0 Å². The molecule has 7 heteroatoms. The van der Waals surface area contributed by atoms with Crippen LogP contribution in [0.1, 0.15) is 18.1 Å². The summed E-state index contributed by atoms with van der Waals surface area (Å²) in [7, 11) is 0. The number of nitrogens with zero attached hydrogens (tertiary/aromatic N) is 1. The van der Waals surface area contributed by atoms with Gasteiger partial charge in [-0.15, -0.1) is 0 Å². The fraction of sp³-hybridized carbons (Fsp3) is 0.158. The molecule has 1 aliphatic rings. The Hall–Kier alpha value is -2.08. The standard InChI is InChI=1S/C19H16Cl2N2O2S/c1-2-23-18(24)16(22-19(23)26)10-12-7-8-17(15(21)9-12)25-11-13-5-3-4-6-14(13)20/h3-10H,2,11H2,1H3,(H,22,26)/b16-10-. The van der Waals surface area contributed by atoms with Gasteiger partial charge in [0.1, 0.15) is 18.1 Å². The van der Waals surface area contributed by atoms with E-state index in [1.165, 1.54) is 4.90 Å². The summed E-state index contributed by atoms with van der Waals surface area (Å²) in [6.07, 6.45) is 1.72. The number of ether oxygens (including phenoxy) is 1. The highest BCUT2D eigenvalue weighted by atomic mass is 35.5. The zero-order chi connectivity index (χ0) is 18.7. The lowest BCUT2D eigenvalue weighted by Crippen LogP contribution is -2.30. The second-order valence-electron chi connectivity index (χ2n) is 5.61. The van der Waals surface area contributed by atoms with Crippen LogP contribution in [0.5, 0.6) is 5.75 Å². The number of rotatable bonds is 5. The lowest BCUT2D eigenvalue weighted by atomic mass is 10.2. The smallest absolute Gasteiger partial charge is 0.276 e. The highest BCUT2D eigenvalue weighted by Crippen LogP contribution is 2.28. The molecule has 1 heterocycles. The number of carbonyl (C=O) groups excluding carboxylic acids is 1. The van der Waals surface area contributed by atoms with Crippen molar-refractivity contribution in [1.82, 2.24) is 10.2 Å². The van der Waals surface area contributed by atoms with Gasteiger partial charge in [-0.3, -0.25) is 9.69 Å². The van der Waals surface area contributed by atoms with E-state index in [0.29, 0.717) is 39.8 Å². The van der Waals surface area contributed by atoms with Crippen molar-refractivity contribution in [1.29, 1.82) is 0 Å². The van der Waals surface area contributed by atoms with E-state index in [0.717, 1.165) is 11.1 Å². The normalized spacial score (nSPS) is 15.5. The van der Waals surface area contributed by atoms with Crippen LogP contribution in [0.3, 0.4) is 0 Å². The van der Waals surface area contributed by atoms with Gasteiger partial charge in [0.25, 0.3) is 5.91 Å². The van der Waals surface area contributed by atoms with Gasteiger partial charge in [-0.1, -0.05) is 47.5 Å². The van der Waals surface area contributed by atoms with Crippen molar-refractivity contribution in [3.8, 4) is 5.75 Å². The van der Waals surface area contributed by atoms with Crippen LogP contribution in [0.4, 0.5) is 0 Å². The molecule has 0 aliphatic carbocycles. The molecule has 1 amide bonds. The molecule has 1 N–H and O–H groups in total. The van der Waals surface area contributed by atoms with Gasteiger partial charge in [-0.2, -0.15) is 0 Å². The van der Waals surface area contributed by atoms with Crippen molar-refractivity contribution in [2.45, 2.75) is 13.5 Å². The SMILES string of the molecule is CCN1C(=O)/C(=C/c2ccc(OCc3ccccc3Cl)c(Cl)c2)NC1=S. The van der Waals surface area contributed by atoms with Gasteiger partial charge < -0.3 is 10.1 Å². The third-order valence-corrected chi connectivity index (χ3v) is 4.87. The summed E-state index contributed by atoms with van der Waals surface area (Å²) in [4.78, 5) is 13.7. The van der Waals surface area contributed by atoms with E-state index < -0.39 is 0 Å². The minimum absolute atomic E-state index is 0.146. The number of halogens is 2. The van der Waals surface area contributed by atoms with Gasteiger partial charge >= 0.3 is 0 Å². The van der Waals surface area contributed by atoms with Crippen molar-refractivity contribution >= 4 is 52.5 Å². The van der Waals surface area contributed by atoms with E-state index in [9.17, 15) is 4.79 Å². The van der Waals surface area contributed by atoms with E-state index in [2.05, 4.69) is 5.32 Å². The first-order valence-corrected chi connectivity index (χ1v) is 9.16. The Bertz CT molecular complexity index is 899. The predicted octanol–water partition coefficient (Wildman–Crippen LogP) is 4.65. The van der Waals surface area contributed by atoms with Gasteiger partial charge in [0, 0.05) is 17.1 Å². The fourth-order valence-electron chi connectivity index (χ4n) is 2.52. The van der Waals surface area contributed by atoms with Crippen LogP contribution in [-0.4, -0.2) is 22.5 Å². The maximum atomic E-state index is 12.2. The molecule has 0 bridgehead atoms. The summed E-state index contributed by atoms with van der Waals surface area (Å²) in [5.74, 6) is 0.401. The maximum absolute atomic E-state index is 12.2. The third-order valence-electron chi connectivity index (χ3n) is 3.89. The van der Waals surface area contributed by atoms with Gasteiger partial charge in [-0.05, 0) is 49.0 Å². The van der Waals surface area contributed by atoms with Crippen LogP contribution in [0.25, 0.3) is 6.08 Å². The van der Waals surface area contributed by atoms with E-state index in [1.807, 2.05) is 37.3 Å². The number of hydrogen-bond acceptors (Lipinski definition) is 3. The Kier molecular flexibility index (Phi) is 5.81. The molecule has 0 unspecified atom stereocenters. The first kappa shape index (κ1) is 18.7. The molecule has 1 saturated heterocycles. The van der Waals surface area contributed by atoms with E-state index >= 15 is 0 Å². The number of carbonyl (C=O) groups is 1. The Balaban J connectivity index is 1.74. The quantitative estimate of drug-likeness (QED) is 0.579. The van der Waals surface area contributed by atoms with E-state index in [-0.39, 0.29) is 5.91 Å². The van der Waals surface area contributed by atoms with Crippen molar-refractivity contribution in [2.24, 2.45) is 0 Å². The summed E-state index contributed by atoms with van der Waals surface area (Å²) >= 11 is 17.6. The molecule has 2 aromatic carbocycles. The second kappa shape index (κ2) is 8.08. The molecule has 1 fully saturated rings. The summed E-state index contributed by atoms with van der Waals surface area (Å²) < 4.78 is 5.75. The third kappa shape index (κ3) is 4.01. The summed E-state index contributed by atoms with van der Waals surface area (Å²) in [5, 5.41) is 4.43. The second-order valence-corrected chi connectivity index (χ2v) is 6.81. The average Bonchev–Trinajstić information content (AvgIpc) is 2.88. The van der Waals surface area contributed by atoms with Crippen molar-refractivity contribution in [2.75, 3.05) is 6.54 Å². The Labute approximate surface area is 167 Å². The molecule has 1 aliphatic heterocycles. The average molecular weight is 407 g/mol. The summed E-state index contributed by atoms with van der Waals surface area (Å²) in [6.45, 7) is 2.72. The van der Waals surface area contributed by atoms with Crippen LogP contribution < -0.4 is 10.1 Å². The highest BCUT2D eigenvalue weighted by Gasteiger charge is 2.28. The monoisotopic (exact) mass is 406 g/mol. The molecular weight excluding hydrogens is 391 g/mol. The van der Waals surface area contributed by atoms with Crippen molar-refractivity contribution in [3.63, 3.8) is 0 Å². The molecule has 26 heavy (non-hydrogen) atoms. The molecule has 0 aromatic heterocycles. The number of likely N-dealkylation sites (N-methyl/N-ethyl adjacent to an activating group) is 1. The zero-order valence-corrected chi connectivity index (χ0v) is 16.3. The fourth-order valence-corrected chi connectivity index (χ4v) is 3.28. The van der Waals surface area contributed by atoms with Crippen LogP contribution in [0, 0.1) is 0 Å². The molecule has 4 nitrogen and oxygen atoms in total. The van der Waals surface area contributed by atoms with Gasteiger partial charge in [-0.25, -0.2) is 0 Å². The highest BCUT2D eigenvalue weighted by molar-refractivity contribution is 7.80. The maximum Gasteiger partial charge on any atom is 0.276 e. The summed E-state index contributed by atoms with van der Waals surface area (Å²) in [5.41, 5.74) is 2.08. The lowest BCUT2D eigenvalue weighted by Gasteiger charge is -2.10. The molecule has 0 atom stereocenters. The minimum Gasteiger partial charge on any atom is -0.487 e. The first-order chi connectivity index (χ1) is 12.5. The topological polar surface area (TPSA) is 41.6 Å². The molecule has 0 radical (unpaired) electrons. The van der Waals surface area contributed by atoms with Gasteiger partial charge in [0.05, 0.1) is 5.02 Å². The van der Waals surface area contributed by atoms with Crippen LogP contribution in [-0.2, 0) is 11.4 Å². The number of thiocarbonyl (C=S) groups is 1. The van der Waals surface area contributed by atoms with E-state index in [4.69, 9.17) is 40.2 Å². The van der Waals surface area contributed by atoms with Gasteiger partial charge in [0.2, 0.25) is 0 Å². The van der Waals surface area contributed by atoms with Crippen LogP contribution >= 0.6 is 35.4 Å². The molecule has 3 rings (SSSR count). The predicted molar refractivity (Wildman–Crippen MR) is 108 cm³/mol. The first-order valence-electron chi connectivity index (χ1n) is 8.00. The zero-order valence-electron chi connectivity index (χ0n) is 14.0.